The Morgan fingerprint density at radius 1 is 0.968 bits per heavy atom. The van der Waals surface area contributed by atoms with Gasteiger partial charge in [0, 0.05) is 54.9 Å². The smallest absolute Gasteiger partial charge is 0.245 e. The van der Waals surface area contributed by atoms with Gasteiger partial charge in [0.15, 0.2) is 0 Å². The Kier molecular flexibility index (Phi) is 5.18. The Labute approximate surface area is 181 Å². The summed E-state index contributed by atoms with van der Waals surface area (Å²) >= 11 is 0. The average Bonchev–Trinajstić information content (AvgIpc) is 3.23. The van der Waals surface area contributed by atoms with Gasteiger partial charge in [0.1, 0.15) is 5.75 Å². The molecule has 0 saturated carbocycles. The molecule has 0 unspecified atom stereocenters. The van der Waals surface area contributed by atoms with Crippen LogP contribution in [0.25, 0.3) is 16.6 Å². The summed E-state index contributed by atoms with van der Waals surface area (Å²) in [6.45, 7) is 4.32. The van der Waals surface area contributed by atoms with E-state index in [1.165, 1.54) is 5.69 Å². The van der Waals surface area contributed by atoms with Crippen molar-refractivity contribution in [3.05, 3.63) is 67.0 Å². The molecule has 1 fully saturated rings. The van der Waals surface area contributed by atoms with Crippen LogP contribution in [-0.2, 0) is 0 Å². The number of aromatic nitrogens is 3. The van der Waals surface area contributed by atoms with Crippen molar-refractivity contribution in [1.82, 2.24) is 19.5 Å². The lowest BCUT2D eigenvalue weighted by Gasteiger charge is -2.34. The monoisotopic (exact) mass is 414 g/mol. The molecular weight excluding hydrogens is 388 g/mol. The molecule has 1 saturated heterocycles. The fourth-order valence-electron chi connectivity index (χ4n) is 3.94. The number of rotatable bonds is 5. The number of fused-ring (bicyclic) bond motifs is 1. The van der Waals surface area contributed by atoms with Crippen molar-refractivity contribution in [3.63, 3.8) is 0 Å². The molecule has 3 heterocycles. The summed E-state index contributed by atoms with van der Waals surface area (Å²) in [5.41, 5.74) is 5.22. The Hall–Kier alpha value is -3.58. The van der Waals surface area contributed by atoms with Gasteiger partial charge in [-0.3, -0.25) is 0 Å². The van der Waals surface area contributed by atoms with E-state index in [0.29, 0.717) is 5.95 Å². The highest BCUT2D eigenvalue weighted by Gasteiger charge is 2.14. The van der Waals surface area contributed by atoms with Crippen molar-refractivity contribution in [2.75, 3.05) is 50.6 Å². The van der Waals surface area contributed by atoms with E-state index in [1.807, 2.05) is 41.2 Å². The minimum Gasteiger partial charge on any atom is -0.496 e. The number of benzene rings is 2. The number of nitrogens with zero attached hydrogens (tertiary/aromatic N) is 5. The number of methoxy groups -OCH3 is 1. The molecule has 0 aliphatic carbocycles. The van der Waals surface area contributed by atoms with Gasteiger partial charge in [0.05, 0.1) is 18.8 Å². The van der Waals surface area contributed by atoms with Gasteiger partial charge in [0.25, 0.3) is 0 Å². The Morgan fingerprint density at radius 2 is 1.74 bits per heavy atom. The number of piperazine rings is 1. The second-order valence-corrected chi connectivity index (χ2v) is 7.84. The molecule has 2 aromatic carbocycles. The first-order valence-corrected chi connectivity index (χ1v) is 10.5. The first kappa shape index (κ1) is 19.4. The third kappa shape index (κ3) is 4.04. The van der Waals surface area contributed by atoms with Crippen molar-refractivity contribution in [3.8, 4) is 16.9 Å². The second kappa shape index (κ2) is 8.28. The molecule has 2 aromatic heterocycles. The molecule has 0 atom stereocenters. The average molecular weight is 415 g/mol. The minimum atomic E-state index is 0.557. The van der Waals surface area contributed by atoms with E-state index in [1.54, 1.807) is 7.11 Å². The van der Waals surface area contributed by atoms with E-state index in [-0.39, 0.29) is 0 Å². The molecule has 4 aromatic rings. The summed E-state index contributed by atoms with van der Waals surface area (Å²) in [4.78, 5) is 9.27. The Balaban J connectivity index is 1.34. The van der Waals surface area contributed by atoms with Gasteiger partial charge in [-0.05, 0) is 43.4 Å². The summed E-state index contributed by atoms with van der Waals surface area (Å²) in [7, 11) is 3.86. The number of anilines is 3. The minimum absolute atomic E-state index is 0.557. The second-order valence-electron chi connectivity index (χ2n) is 7.84. The SMILES string of the molecule is COc1ccccc1-c1cc2cnc(Nc3ccc(N4CCN(C)CC4)cc3)nn2c1. The first-order chi connectivity index (χ1) is 15.2. The highest BCUT2D eigenvalue weighted by Crippen LogP contribution is 2.31. The first-order valence-electron chi connectivity index (χ1n) is 10.5. The third-order valence-corrected chi connectivity index (χ3v) is 5.76. The fraction of sp³-hybridized carbons (Fsp3) is 0.250. The van der Waals surface area contributed by atoms with E-state index in [0.717, 1.165) is 54.3 Å². The number of para-hydroxylation sites is 1. The van der Waals surface area contributed by atoms with Gasteiger partial charge in [-0.15, -0.1) is 5.10 Å². The number of hydrogen-bond acceptors (Lipinski definition) is 6. The van der Waals surface area contributed by atoms with Gasteiger partial charge in [0.2, 0.25) is 5.95 Å². The van der Waals surface area contributed by atoms with Crippen LogP contribution in [0.5, 0.6) is 5.75 Å². The van der Waals surface area contributed by atoms with Crippen LogP contribution in [0.2, 0.25) is 0 Å². The lowest BCUT2D eigenvalue weighted by Crippen LogP contribution is -2.44. The van der Waals surface area contributed by atoms with E-state index in [9.17, 15) is 0 Å². The summed E-state index contributed by atoms with van der Waals surface area (Å²) in [5, 5.41) is 7.94. The van der Waals surface area contributed by atoms with Crippen molar-refractivity contribution in [2.24, 2.45) is 0 Å². The summed E-state index contributed by atoms with van der Waals surface area (Å²) in [6, 6.07) is 18.5. The maximum absolute atomic E-state index is 5.49. The summed E-state index contributed by atoms with van der Waals surface area (Å²) in [6.07, 6.45) is 3.82. The standard InChI is InChI=1S/C24H26N6O/c1-28-11-13-29(14-12-28)20-9-7-19(8-10-20)26-24-25-16-21-15-18(17-30(21)27-24)22-5-3-4-6-23(22)31-2/h3-10,15-17H,11-14H2,1-2H3,(H,26,27). The lowest BCUT2D eigenvalue weighted by atomic mass is 10.1. The van der Waals surface area contributed by atoms with Crippen molar-refractivity contribution in [1.29, 1.82) is 0 Å². The van der Waals surface area contributed by atoms with Crippen LogP contribution in [0.15, 0.2) is 67.0 Å². The zero-order valence-electron chi connectivity index (χ0n) is 17.8. The third-order valence-electron chi connectivity index (χ3n) is 5.76. The van der Waals surface area contributed by atoms with Crippen LogP contribution in [0.4, 0.5) is 17.3 Å². The number of hydrogen-bond donors (Lipinski definition) is 1. The maximum atomic E-state index is 5.49. The van der Waals surface area contributed by atoms with Crippen molar-refractivity contribution >= 4 is 22.8 Å². The largest absolute Gasteiger partial charge is 0.496 e. The summed E-state index contributed by atoms with van der Waals surface area (Å²) in [5.74, 6) is 1.40. The van der Waals surface area contributed by atoms with Gasteiger partial charge < -0.3 is 19.9 Å². The van der Waals surface area contributed by atoms with Crippen LogP contribution in [0, 0.1) is 0 Å². The summed E-state index contributed by atoms with van der Waals surface area (Å²) < 4.78 is 7.34. The predicted octanol–water partition coefficient (Wildman–Crippen LogP) is 3.90. The zero-order valence-corrected chi connectivity index (χ0v) is 17.8. The molecule has 1 aliphatic heterocycles. The molecular formula is C24H26N6O. The molecule has 7 nitrogen and oxygen atoms in total. The van der Waals surface area contributed by atoms with Crippen LogP contribution in [0.1, 0.15) is 0 Å². The highest BCUT2D eigenvalue weighted by atomic mass is 16.5. The predicted molar refractivity (Wildman–Crippen MR) is 124 cm³/mol. The van der Waals surface area contributed by atoms with Gasteiger partial charge in [-0.25, -0.2) is 9.50 Å². The van der Waals surface area contributed by atoms with E-state index < -0.39 is 0 Å². The lowest BCUT2D eigenvalue weighted by molar-refractivity contribution is 0.313. The van der Waals surface area contributed by atoms with Crippen LogP contribution >= 0.6 is 0 Å². The van der Waals surface area contributed by atoms with Crippen molar-refractivity contribution in [2.45, 2.75) is 0 Å². The number of likely N-dealkylation sites (N-methyl/N-ethyl adjacent to an activating group) is 1. The molecule has 0 spiro atoms. The quantitative estimate of drug-likeness (QED) is 0.535. The van der Waals surface area contributed by atoms with Crippen molar-refractivity contribution < 1.29 is 4.74 Å². The number of nitrogens with one attached hydrogen (secondary N) is 1. The molecule has 0 amide bonds. The van der Waals surface area contributed by atoms with Crippen LogP contribution < -0.4 is 15.0 Å². The molecule has 0 radical (unpaired) electrons. The molecule has 1 aliphatic rings. The maximum Gasteiger partial charge on any atom is 0.245 e. The van der Waals surface area contributed by atoms with E-state index in [4.69, 9.17) is 4.74 Å². The highest BCUT2D eigenvalue weighted by molar-refractivity contribution is 5.74. The molecule has 158 valence electrons. The zero-order chi connectivity index (χ0) is 21.2. The molecule has 31 heavy (non-hydrogen) atoms. The normalized spacial score (nSPS) is 14.7. The molecule has 0 bridgehead atoms. The van der Waals surface area contributed by atoms with Gasteiger partial charge in [-0.2, -0.15) is 0 Å². The molecule has 7 heteroatoms. The molecule has 1 N–H and O–H groups in total. The van der Waals surface area contributed by atoms with Gasteiger partial charge in [-0.1, -0.05) is 18.2 Å². The van der Waals surface area contributed by atoms with Crippen LogP contribution in [-0.4, -0.2) is 59.8 Å². The molecule has 5 rings (SSSR count). The Bertz CT molecular complexity index is 1180. The number of ether oxygens (including phenoxy) is 1. The van der Waals surface area contributed by atoms with Crippen LogP contribution in [0.3, 0.4) is 0 Å². The Morgan fingerprint density at radius 3 is 2.52 bits per heavy atom. The van der Waals surface area contributed by atoms with E-state index in [2.05, 4.69) is 62.6 Å². The topological polar surface area (TPSA) is 57.9 Å². The van der Waals surface area contributed by atoms with Gasteiger partial charge >= 0.3 is 0 Å². The van der Waals surface area contributed by atoms with E-state index >= 15 is 0 Å². The fourth-order valence-corrected chi connectivity index (χ4v) is 3.94.